The molecule has 0 atom stereocenters. The van der Waals surface area contributed by atoms with Gasteiger partial charge >= 0.3 is 12.3 Å². The minimum atomic E-state index is -4.85. The lowest BCUT2D eigenvalue weighted by molar-refractivity contribution is -0.242. The van der Waals surface area contributed by atoms with Crippen LogP contribution in [-0.4, -0.2) is 36.2 Å². The number of hydrogen-bond donors (Lipinski definition) is 0. The van der Waals surface area contributed by atoms with Gasteiger partial charge in [-0.1, -0.05) is 13.3 Å². The molecule has 1 amide bonds. The standard InChI is InChI=1S/C10H16F3NO3/c1-3-5-6-8(15)14(10(11,12)13)7-9(16)17-4-2/h3-7H2,1-2H3. The average molecular weight is 255 g/mol. The monoisotopic (exact) mass is 255 g/mol. The van der Waals surface area contributed by atoms with Crippen molar-refractivity contribution in [3.8, 4) is 0 Å². The maximum Gasteiger partial charge on any atom is 0.487 e. The van der Waals surface area contributed by atoms with E-state index in [0.717, 1.165) is 0 Å². The number of halogens is 3. The molecule has 0 aromatic rings. The van der Waals surface area contributed by atoms with E-state index in [2.05, 4.69) is 4.74 Å². The number of carbonyl (C=O) groups is 2. The molecule has 0 saturated carbocycles. The number of esters is 1. The second kappa shape index (κ2) is 7.13. The van der Waals surface area contributed by atoms with Crippen LogP contribution in [0, 0.1) is 0 Å². The van der Waals surface area contributed by atoms with Crippen molar-refractivity contribution in [2.75, 3.05) is 13.2 Å². The highest BCUT2D eigenvalue weighted by Crippen LogP contribution is 2.22. The lowest BCUT2D eigenvalue weighted by Crippen LogP contribution is -2.46. The van der Waals surface area contributed by atoms with E-state index in [4.69, 9.17) is 0 Å². The minimum absolute atomic E-state index is 0.0202. The Morgan fingerprint density at radius 1 is 1.24 bits per heavy atom. The van der Waals surface area contributed by atoms with E-state index < -0.39 is 29.6 Å². The van der Waals surface area contributed by atoms with E-state index in [9.17, 15) is 22.8 Å². The van der Waals surface area contributed by atoms with Gasteiger partial charge in [0, 0.05) is 6.42 Å². The van der Waals surface area contributed by atoms with Gasteiger partial charge < -0.3 is 4.74 Å². The predicted molar refractivity (Wildman–Crippen MR) is 53.9 cm³/mol. The zero-order valence-corrected chi connectivity index (χ0v) is 9.84. The summed E-state index contributed by atoms with van der Waals surface area (Å²) in [5.41, 5.74) is 0. The first-order valence-electron chi connectivity index (χ1n) is 5.35. The molecule has 0 aromatic carbocycles. The first kappa shape index (κ1) is 15.7. The molecule has 0 heterocycles. The number of hydrogen-bond acceptors (Lipinski definition) is 3. The van der Waals surface area contributed by atoms with Crippen molar-refractivity contribution in [1.29, 1.82) is 0 Å². The molecular formula is C10H16F3NO3. The van der Waals surface area contributed by atoms with Gasteiger partial charge in [-0.3, -0.25) is 9.59 Å². The lowest BCUT2D eigenvalue weighted by Gasteiger charge is -2.23. The highest BCUT2D eigenvalue weighted by Gasteiger charge is 2.41. The van der Waals surface area contributed by atoms with Gasteiger partial charge in [0.2, 0.25) is 5.91 Å². The Morgan fingerprint density at radius 2 is 1.82 bits per heavy atom. The van der Waals surface area contributed by atoms with Crippen molar-refractivity contribution in [2.24, 2.45) is 0 Å². The zero-order valence-electron chi connectivity index (χ0n) is 9.84. The molecule has 0 radical (unpaired) electrons. The number of amides is 1. The zero-order chi connectivity index (χ0) is 13.5. The van der Waals surface area contributed by atoms with E-state index in [1.165, 1.54) is 6.92 Å². The summed E-state index contributed by atoms with van der Waals surface area (Å²) in [5, 5.41) is 0. The average Bonchev–Trinajstić information content (AvgIpc) is 2.21. The third kappa shape index (κ3) is 6.13. The largest absolute Gasteiger partial charge is 0.487 e. The first-order valence-corrected chi connectivity index (χ1v) is 5.35. The molecule has 4 nitrogen and oxygen atoms in total. The molecule has 0 unspecified atom stereocenters. The summed E-state index contributed by atoms with van der Waals surface area (Å²) in [4.78, 5) is 21.8. The van der Waals surface area contributed by atoms with Crippen LogP contribution >= 0.6 is 0 Å². The third-order valence-electron chi connectivity index (χ3n) is 1.94. The predicted octanol–water partition coefficient (Wildman–Crippen LogP) is 2.09. The van der Waals surface area contributed by atoms with Crippen molar-refractivity contribution in [3.63, 3.8) is 0 Å². The van der Waals surface area contributed by atoms with E-state index in [0.29, 0.717) is 12.8 Å². The van der Waals surface area contributed by atoms with Crippen molar-refractivity contribution in [2.45, 2.75) is 39.4 Å². The SMILES string of the molecule is CCCCC(=O)N(CC(=O)OCC)C(F)(F)F. The Bertz CT molecular complexity index is 266. The Labute approximate surface area is 97.7 Å². The Balaban J connectivity index is 4.54. The van der Waals surface area contributed by atoms with Crippen molar-refractivity contribution in [3.05, 3.63) is 0 Å². The molecule has 0 aromatic heterocycles. The van der Waals surface area contributed by atoms with Gasteiger partial charge in [-0.25, -0.2) is 4.90 Å². The highest BCUT2D eigenvalue weighted by atomic mass is 19.4. The molecule has 0 rings (SSSR count). The number of alkyl halides is 3. The summed E-state index contributed by atoms with van der Waals surface area (Å²) in [6.45, 7) is 2.14. The van der Waals surface area contributed by atoms with E-state index in [1.807, 2.05) is 0 Å². The number of ether oxygens (including phenoxy) is 1. The fourth-order valence-electron chi connectivity index (χ4n) is 1.12. The fraction of sp³-hybridized carbons (Fsp3) is 0.800. The Hall–Kier alpha value is -1.27. The van der Waals surface area contributed by atoms with E-state index in [1.54, 1.807) is 6.92 Å². The van der Waals surface area contributed by atoms with E-state index >= 15 is 0 Å². The number of rotatable bonds is 6. The van der Waals surface area contributed by atoms with Crippen LogP contribution in [0.5, 0.6) is 0 Å². The molecule has 100 valence electrons. The molecule has 0 bridgehead atoms. The Kier molecular flexibility index (Phi) is 6.60. The molecule has 0 aliphatic carbocycles. The van der Waals surface area contributed by atoms with Gasteiger partial charge in [-0.05, 0) is 13.3 Å². The second-order valence-electron chi connectivity index (χ2n) is 3.36. The Morgan fingerprint density at radius 3 is 2.24 bits per heavy atom. The van der Waals surface area contributed by atoms with Crippen molar-refractivity contribution >= 4 is 11.9 Å². The third-order valence-corrected chi connectivity index (χ3v) is 1.94. The molecule has 7 heteroatoms. The van der Waals surface area contributed by atoms with Crippen LogP contribution in [0.4, 0.5) is 13.2 Å². The van der Waals surface area contributed by atoms with Gasteiger partial charge in [0.05, 0.1) is 6.61 Å². The summed E-state index contributed by atoms with van der Waals surface area (Å²) < 4.78 is 41.9. The topological polar surface area (TPSA) is 46.6 Å². The van der Waals surface area contributed by atoms with Crippen LogP contribution in [0.1, 0.15) is 33.1 Å². The lowest BCUT2D eigenvalue weighted by atomic mass is 10.2. The quantitative estimate of drug-likeness (QED) is 0.539. The minimum Gasteiger partial charge on any atom is -0.465 e. The maximum atomic E-state index is 12.5. The van der Waals surface area contributed by atoms with E-state index in [-0.39, 0.29) is 13.0 Å². The summed E-state index contributed by atoms with van der Waals surface area (Å²) in [6.07, 6.45) is -4.11. The van der Waals surface area contributed by atoms with Crippen molar-refractivity contribution < 1.29 is 27.5 Å². The van der Waals surface area contributed by atoms with Crippen molar-refractivity contribution in [1.82, 2.24) is 4.90 Å². The molecule has 0 aliphatic rings. The van der Waals surface area contributed by atoms with Gasteiger partial charge in [-0.15, -0.1) is 13.2 Å². The molecule has 17 heavy (non-hydrogen) atoms. The summed E-state index contributed by atoms with van der Waals surface area (Å²) >= 11 is 0. The molecule has 0 N–H and O–H groups in total. The summed E-state index contributed by atoms with van der Waals surface area (Å²) in [6, 6.07) is 0. The number of unbranched alkanes of at least 4 members (excludes halogenated alkanes) is 1. The molecule has 0 saturated heterocycles. The molecule has 0 fully saturated rings. The second-order valence-corrected chi connectivity index (χ2v) is 3.36. The van der Waals surface area contributed by atoms with Crippen LogP contribution in [0.25, 0.3) is 0 Å². The number of carbonyl (C=O) groups excluding carboxylic acids is 2. The number of nitrogens with zero attached hydrogens (tertiary/aromatic N) is 1. The van der Waals surface area contributed by atoms with Gasteiger partial charge in [0.15, 0.2) is 0 Å². The fourth-order valence-corrected chi connectivity index (χ4v) is 1.12. The normalized spacial score (nSPS) is 11.1. The maximum absolute atomic E-state index is 12.5. The highest BCUT2D eigenvalue weighted by molar-refractivity contribution is 5.82. The van der Waals surface area contributed by atoms with Gasteiger partial charge in [0.25, 0.3) is 0 Å². The van der Waals surface area contributed by atoms with Crippen LogP contribution in [0.3, 0.4) is 0 Å². The van der Waals surface area contributed by atoms with Crippen LogP contribution in [0.15, 0.2) is 0 Å². The van der Waals surface area contributed by atoms with Gasteiger partial charge in [-0.2, -0.15) is 0 Å². The van der Waals surface area contributed by atoms with Crippen LogP contribution < -0.4 is 0 Å². The van der Waals surface area contributed by atoms with Crippen LogP contribution in [-0.2, 0) is 14.3 Å². The summed E-state index contributed by atoms with van der Waals surface area (Å²) in [5.74, 6) is -2.16. The molecule has 0 spiro atoms. The summed E-state index contributed by atoms with van der Waals surface area (Å²) in [7, 11) is 0. The molecular weight excluding hydrogens is 239 g/mol. The first-order chi connectivity index (χ1) is 7.82. The van der Waals surface area contributed by atoms with Gasteiger partial charge in [0.1, 0.15) is 6.54 Å². The van der Waals surface area contributed by atoms with Crippen LogP contribution in [0.2, 0.25) is 0 Å². The molecule has 0 aliphatic heterocycles. The smallest absolute Gasteiger partial charge is 0.465 e.